The van der Waals surface area contributed by atoms with Crippen molar-refractivity contribution >= 4 is 28.7 Å². The average Bonchev–Trinajstić information content (AvgIpc) is 3.64. The van der Waals surface area contributed by atoms with Gasteiger partial charge in [0.2, 0.25) is 17.1 Å². The largest absolute Gasteiger partial charge is 0.391 e. The fourth-order valence-electron chi connectivity index (χ4n) is 4.99. The standard InChI is InChI=1S/C26H23F5N4O4/c1-11-5-14(27)6-12(2)20(11)35-10-17(24(39)33-26(31,25(29)30)13-3-4-13)21(38)16-8-18(28)23(32-22(16)35)34-9-15(36)7-19(34)37/h5-6,8,10,13,15,25,36H,3-4,7,9H2,1-2H3,(H,33,39)/t15-,26?/m0/s1. The highest BCUT2D eigenvalue weighted by Crippen LogP contribution is 2.44. The van der Waals surface area contributed by atoms with Crippen molar-refractivity contribution in [3.8, 4) is 5.69 Å². The van der Waals surface area contributed by atoms with Crippen LogP contribution in [0.2, 0.25) is 0 Å². The highest BCUT2D eigenvalue weighted by molar-refractivity contribution is 5.99. The van der Waals surface area contributed by atoms with E-state index in [9.17, 15) is 32.7 Å². The van der Waals surface area contributed by atoms with E-state index in [4.69, 9.17) is 0 Å². The van der Waals surface area contributed by atoms with Crippen LogP contribution in [0.5, 0.6) is 0 Å². The lowest BCUT2D eigenvalue weighted by Gasteiger charge is -2.26. The number of rotatable bonds is 6. The molecule has 3 heterocycles. The molecule has 3 aromatic rings. The minimum Gasteiger partial charge on any atom is -0.391 e. The molecule has 39 heavy (non-hydrogen) atoms. The number of aryl methyl sites for hydroxylation is 2. The SMILES string of the molecule is Cc1cc(F)cc(C)c1-n1cc(C(=O)NC(F)(C(F)F)C2CC2)c(=O)c2cc(F)c(N3C[C@@H](O)CC3=O)nc21. The molecule has 2 fully saturated rings. The van der Waals surface area contributed by atoms with Crippen molar-refractivity contribution in [2.24, 2.45) is 5.92 Å². The summed E-state index contributed by atoms with van der Waals surface area (Å²) in [7, 11) is 0. The highest BCUT2D eigenvalue weighted by atomic mass is 19.3. The first-order valence-electron chi connectivity index (χ1n) is 12.1. The number of aliphatic hydroxyl groups is 1. The van der Waals surface area contributed by atoms with Gasteiger partial charge in [-0.25, -0.2) is 26.9 Å². The van der Waals surface area contributed by atoms with Gasteiger partial charge in [-0.1, -0.05) is 0 Å². The van der Waals surface area contributed by atoms with Gasteiger partial charge >= 0.3 is 0 Å². The number of pyridine rings is 2. The number of hydrogen-bond acceptors (Lipinski definition) is 5. The van der Waals surface area contributed by atoms with Gasteiger partial charge in [0.1, 0.15) is 11.4 Å². The third-order valence-electron chi connectivity index (χ3n) is 7.01. The number of amides is 2. The number of halogens is 5. The highest BCUT2D eigenvalue weighted by Gasteiger charge is 2.54. The van der Waals surface area contributed by atoms with E-state index in [1.807, 2.05) is 0 Å². The van der Waals surface area contributed by atoms with E-state index in [0.717, 1.165) is 29.3 Å². The Kier molecular flexibility index (Phi) is 6.44. The zero-order chi connectivity index (χ0) is 28.4. The molecule has 2 aliphatic rings. The van der Waals surface area contributed by atoms with Crippen molar-refractivity contribution in [3.05, 3.63) is 62.9 Å². The Morgan fingerprint density at radius 1 is 1.15 bits per heavy atom. The second-order valence-corrected chi connectivity index (χ2v) is 9.95. The van der Waals surface area contributed by atoms with E-state index in [0.29, 0.717) is 11.1 Å². The number of hydrogen-bond donors (Lipinski definition) is 2. The van der Waals surface area contributed by atoms with Gasteiger partial charge in [0.05, 0.1) is 30.1 Å². The summed E-state index contributed by atoms with van der Waals surface area (Å²) in [6.45, 7) is 2.80. The summed E-state index contributed by atoms with van der Waals surface area (Å²) in [5, 5.41) is 11.0. The number of β-amino-alcohol motifs (C(OH)–C–C–N with tert-alkyl or cyclic N) is 1. The van der Waals surface area contributed by atoms with Crippen LogP contribution >= 0.6 is 0 Å². The normalized spacial score (nSPS) is 19.2. The monoisotopic (exact) mass is 550 g/mol. The molecule has 0 radical (unpaired) electrons. The maximum Gasteiger partial charge on any atom is 0.290 e. The predicted molar refractivity (Wildman–Crippen MR) is 130 cm³/mol. The zero-order valence-electron chi connectivity index (χ0n) is 20.8. The van der Waals surface area contributed by atoms with Gasteiger partial charge in [-0.3, -0.25) is 23.9 Å². The Labute approximate surface area is 218 Å². The molecule has 1 saturated heterocycles. The van der Waals surface area contributed by atoms with Crippen molar-refractivity contribution in [1.29, 1.82) is 0 Å². The number of nitrogens with zero attached hydrogens (tertiary/aromatic N) is 3. The quantitative estimate of drug-likeness (QED) is 0.362. The van der Waals surface area contributed by atoms with Crippen LogP contribution in [-0.4, -0.2) is 51.3 Å². The number of anilines is 1. The molecule has 0 bridgehead atoms. The molecule has 2 N–H and O–H groups in total. The first-order chi connectivity index (χ1) is 18.3. The van der Waals surface area contributed by atoms with Crippen molar-refractivity contribution in [2.75, 3.05) is 11.4 Å². The smallest absolute Gasteiger partial charge is 0.290 e. The Morgan fingerprint density at radius 3 is 2.33 bits per heavy atom. The van der Waals surface area contributed by atoms with Crippen LogP contribution in [0.4, 0.5) is 27.8 Å². The van der Waals surface area contributed by atoms with Crippen LogP contribution in [0.25, 0.3) is 16.7 Å². The average molecular weight is 550 g/mol. The molecule has 1 aliphatic carbocycles. The van der Waals surface area contributed by atoms with Crippen LogP contribution < -0.4 is 15.6 Å². The maximum atomic E-state index is 15.2. The Morgan fingerprint density at radius 2 is 1.79 bits per heavy atom. The number of fused-ring (bicyclic) bond motifs is 1. The third-order valence-corrected chi connectivity index (χ3v) is 7.01. The second kappa shape index (κ2) is 9.40. The fraction of sp³-hybridized carbons (Fsp3) is 0.385. The Hall–Kier alpha value is -3.87. The molecule has 0 spiro atoms. The number of aromatic nitrogens is 2. The fourth-order valence-corrected chi connectivity index (χ4v) is 4.99. The van der Waals surface area contributed by atoms with Crippen LogP contribution in [0.1, 0.15) is 40.7 Å². The van der Waals surface area contributed by atoms with E-state index in [1.54, 1.807) is 5.32 Å². The van der Waals surface area contributed by atoms with Crippen LogP contribution in [-0.2, 0) is 4.79 Å². The van der Waals surface area contributed by atoms with Gasteiger partial charge in [-0.05, 0) is 56.0 Å². The third kappa shape index (κ3) is 4.54. The number of alkyl halides is 3. The summed E-state index contributed by atoms with van der Waals surface area (Å²) in [4.78, 5) is 43.8. The van der Waals surface area contributed by atoms with Crippen molar-refractivity contribution in [2.45, 2.75) is 51.4 Å². The molecule has 206 valence electrons. The van der Waals surface area contributed by atoms with Crippen LogP contribution in [0.15, 0.2) is 29.2 Å². The number of carbonyl (C=O) groups is 2. The molecule has 1 aliphatic heterocycles. The molecule has 5 rings (SSSR count). The first-order valence-corrected chi connectivity index (χ1v) is 12.1. The molecule has 2 aromatic heterocycles. The molecule has 8 nitrogen and oxygen atoms in total. The molecule has 1 saturated carbocycles. The maximum absolute atomic E-state index is 15.2. The minimum absolute atomic E-state index is 0.124. The summed E-state index contributed by atoms with van der Waals surface area (Å²) in [6, 6.07) is 3.05. The minimum atomic E-state index is -3.56. The van der Waals surface area contributed by atoms with E-state index >= 15 is 8.78 Å². The first kappa shape index (κ1) is 26.7. The Bertz CT molecular complexity index is 1560. The second-order valence-electron chi connectivity index (χ2n) is 9.95. The molecule has 2 atom stereocenters. The van der Waals surface area contributed by atoms with Gasteiger partial charge in [-0.2, -0.15) is 0 Å². The van der Waals surface area contributed by atoms with Crippen molar-refractivity contribution < 1.29 is 36.6 Å². The molecule has 1 unspecified atom stereocenters. The number of nitrogens with one attached hydrogen (secondary N) is 1. The van der Waals surface area contributed by atoms with Gasteiger partial charge in [-0.15, -0.1) is 0 Å². The molecular weight excluding hydrogens is 527 g/mol. The van der Waals surface area contributed by atoms with Gasteiger partial charge in [0, 0.05) is 12.1 Å². The van der Waals surface area contributed by atoms with Gasteiger partial charge < -0.3 is 10.4 Å². The summed E-state index contributed by atoms with van der Waals surface area (Å²) in [5.41, 5.74) is -1.26. The van der Waals surface area contributed by atoms with Gasteiger partial charge in [0.15, 0.2) is 17.3 Å². The zero-order valence-corrected chi connectivity index (χ0v) is 20.8. The summed E-state index contributed by atoms with van der Waals surface area (Å²) >= 11 is 0. The lowest BCUT2D eigenvalue weighted by Crippen LogP contribution is -2.53. The van der Waals surface area contributed by atoms with E-state index in [-0.39, 0.29) is 37.1 Å². The van der Waals surface area contributed by atoms with Crippen molar-refractivity contribution in [1.82, 2.24) is 14.9 Å². The lowest BCUT2D eigenvalue weighted by molar-refractivity contribution is -0.117. The molecule has 2 amide bonds. The van der Waals surface area contributed by atoms with Crippen LogP contribution in [0, 0.1) is 31.4 Å². The van der Waals surface area contributed by atoms with Gasteiger partial charge in [0.25, 0.3) is 12.3 Å². The number of aliphatic hydroxyl groups excluding tert-OH is 1. The number of benzene rings is 1. The predicted octanol–water partition coefficient (Wildman–Crippen LogP) is 3.45. The summed E-state index contributed by atoms with van der Waals surface area (Å²) in [5.74, 6) is -8.73. The van der Waals surface area contributed by atoms with Crippen LogP contribution in [0.3, 0.4) is 0 Å². The summed E-state index contributed by atoms with van der Waals surface area (Å²) < 4.78 is 72.7. The number of carbonyl (C=O) groups excluding carboxylic acids is 2. The topological polar surface area (TPSA) is 105 Å². The molecule has 13 heteroatoms. The van der Waals surface area contributed by atoms with Crippen molar-refractivity contribution in [3.63, 3.8) is 0 Å². The van der Waals surface area contributed by atoms with E-state index in [2.05, 4.69) is 4.98 Å². The lowest BCUT2D eigenvalue weighted by atomic mass is 10.1. The summed E-state index contributed by atoms with van der Waals surface area (Å²) in [6.07, 6.45) is -3.70. The molecule has 1 aromatic carbocycles. The molecular formula is C26H23F5N4O4. The van der Waals surface area contributed by atoms with E-state index < -0.39 is 69.9 Å². The Balaban J connectivity index is 1.75. The van der Waals surface area contributed by atoms with E-state index in [1.165, 1.54) is 18.4 Å².